The molecule has 0 atom stereocenters. The summed E-state index contributed by atoms with van der Waals surface area (Å²) in [5.74, 6) is -8.68. The third kappa shape index (κ3) is 24.7. The first kappa shape index (κ1) is 113. The Bertz CT molecular complexity index is 6060. The van der Waals surface area contributed by atoms with E-state index < -0.39 is 66.1 Å². The number of ether oxygens (including phenoxy) is 4. The largest absolute Gasteiger partial charge is 0.386 e. The molecule has 0 spiro atoms. The van der Waals surface area contributed by atoms with Crippen LogP contribution in [0, 0.1) is 20.8 Å². The van der Waals surface area contributed by atoms with Crippen LogP contribution >= 0.6 is 31.9 Å². The second-order valence-corrected chi connectivity index (χ2v) is 56.0. The van der Waals surface area contributed by atoms with E-state index >= 15 is 4.79 Å². The van der Waals surface area contributed by atoms with Crippen LogP contribution in [0.1, 0.15) is 526 Å². The molecule has 8 amide bonds. The smallest absolute Gasteiger partial charge is 0.347 e. The quantitative estimate of drug-likeness (QED) is 0.00853. The molecule has 27 heteroatoms. The number of hydrogen-bond donors (Lipinski definition) is 0. The van der Waals surface area contributed by atoms with Gasteiger partial charge >= 0.3 is 349 Å². The van der Waals surface area contributed by atoms with Crippen molar-refractivity contribution in [1.82, 2.24) is 19.6 Å². The van der Waals surface area contributed by atoms with Crippen molar-refractivity contribution in [2.75, 3.05) is 26.2 Å². The molecule has 0 fully saturated rings. The molecule has 8 heterocycles. The van der Waals surface area contributed by atoms with Crippen LogP contribution < -0.4 is 3.58 Å². The van der Waals surface area contributed by atoms with Crippen molar-refractivity contribution in [1.29, 1.82) is 0 Å². The van der Waals surface area contributed by atoms with Crippen LogP contribution in [0.3, 0.4) is 0 Å². The molecule has 0 N–H and O–H groups in total. The van der Waals surface area contributed by atoms with E-state index in [1.165, 1.54) is 231 Å². The van der Waals surface area contributed by atoms with Crippen LogP contribution in [-0.4, -0.2) is 159 Å². The monoisotopic (exact) mass is 2230 g/mol. The molecular formula is C119H146Br2N4O20Sn. The Morgan fingerprint density at radius 2 is 0.418 bits per heavy atom. The van der Waals surface area contributed by atoms with E-state index in [0.29, 0.717) is 112 Å². The summed E-state index contributed by atoms with van der Waals surface area (Å²) >= 11 is 3.37. The third-order valence-electron chi connectivity index (χ3n) is 30.6. The van der Waals surface area contributed by atoms with Crippen LogP contribution in [0.15, 0.2) is 69.6 Å². The zero-order valence-corrected chi connectivity index (χ0v) is 93.5. The van der Waals surface area contributed by atoms with Crippen molar-refractivity contribution in [3.8, 4) is 0 Å². The van der Waals surface area contributed by atoms with E-state index in [9.17, 15) is 71.9 Å². The van der Waals surface area contributed by atoms with Crippen molar-refractivity contribution in [2.24, 2.45) is 0 Å². The molecule has 8 aromatic rings. The average Bonchev–Trinajstić information content (AvgIpc) is 0.700. The molecular weight excluding hydrogens is 2080 g/mol. The van der Waals surface area contributed by atoms with E-state index in [4.69, 9.17) is 9.47 Å². The number of amides is 8. The minimum absolute atomic E-state index is 0.122. The summed E-state index contributed by atoms with van der Waals surface area (Å²) in [6.45, 7) is 22.7. The normalized spacial score (nSPS) is 14.8. The number of imide groups is 4. The van der Waals surface area contributed by atoms with Crippen LogP contribution in [-0.2, 0) is 18.9 Å². The molecule has 0 aliphatic carbocycles. The summed E-state index contributed by atoms with van der Waals surface area (Å²) in [6.07, 6.45) is 54.0. The number of nitrogens with zero attached hydrogens (tertiary/aromatic N) is 4. The molecule has 780 valence electrons. The van der Waals surface area contributed by atoms with Gasteiger partial charge in [0.1, 0.15) is 0 Å². The van der Waals surface area contributed by atoms with E-state index in [1.54, 1.807) is 24.0 Å². The third-order valence-corrected chi connectivity index (χ3v) is 47.5. The number of carbonyl (C=O) groups excluding carboxylic acids is 16. The van der Waals surface area contributed by atoms with E-state index in [-0.39, 0.29) is 113 Å². The second-order valence-electron chi connectivity index (χ2n) is 41.2. The second kappa shape index (κ2) is 53.2. The fraction of sp³-hybridized carbons (Fsp3) is 0.529. The Labute approximate surface area is 880 Å². The molecule has 0 saturated heterocycles. The first-order valence-corrected chi connectivity index (χ1v) is 63.9. The predicted octanol–water partition coefficient (Wildman–Crippen LogP) is 29.2. The molecule has 0 unspecified atom stereocenters. The molecule has 0 aromatic heterocycles. The van der Waals surface area contributed by atoms with Gasteiger partial charge in [0.15, 0.2) is 0 Å². The number of esters is 8. The van der Waals surface area contributed by atoms with Gasteiger partial charge in [-0.2, -0.15) is 0 Å². The Morgan fingerprint density at radius 3 is 0.747 bits per heavy atom. The maximum Gasteiger partial charge on any atom is 0.347 e. The Morgan fingerprint density at radius 1 is 0.205 bits per heavy atom. The first-order chi connectivity index (χ1) is 70.5. The predicted molar refractivity (Wildman–Crippen MR) is 578 cm³/mol. The zero-order valence-electron chi connectivity index (χ0n) is 87.5. The summed E-state index contributed by atoms with van der Waals surface area (Å²) in [6, 6.07) is 15.9. The van der Waals surface area contributed by atoms with E-state index in [2.05, 4.69) is 95.9 Å². The van der Waals surface area contributed by atoms with Crippen molar-refractivity contribution >= 4 is 192 Å². The molecule has 0 saturated carbocycles. The number of cyclic esters (lactones) is 8. The van der Waals surface area contributed by atoms with E-state index in [1.807, 2.05) is 19.9 Å². The van der Waals surface area contributed by atoms with Gasteiger partial charge in [-0.3, -0.25) is 29.0 Å². The Balaban J connectivity index is 0.000000177. The van der Waals surface area contributed by atoms with Crippen LogP contribution in [0.4, 0.5) is 0 Å². The summed E-state index contributed by atoms with van der Waals surface area (Å²) < 4.78 is 24.1. The van der Waals surface area contributed by atoms with Gasteiger partial charge in [-0.25, -0.2) is 38.4 Å². The number of halogens is 2. The van der Waals surface area contributed by atoms with Crippen LogP contribution in [0.5, 0.6) is 0 Å². The Hall–Kier alpha value is -10.3. The molecule has 8 aliphatic rings. The minimum Gasteiger partial charge on any atom is -0.386 e. The molecule has 16 rings (SSSR count). The van der Waals surface area contributed by atoms with Gasteiger partial charge in [-0.1, -0.05) is 188 Å². The van der Waals surface area contributed by atoms with Crippen molar-refractivity contribution in [3.05, 3.63) is 175 Å². The first-order valence-electron chi connectivity index (χ1n) is 54.9. The summed E-state index contributed by atoms with van der Waals surface area (Å²) in [4.78, 5) is 215. The molecule has 0 radical (unpaired) electrons. The Kier molecular flexibility index (Phi) is 41.1. The number of hydrogen-bond acceptors (Lipinski definition) is 20. The van der Waals surface area contributed by atoms with Crippen LogP contribution in [0.25, 0.3) is 43.1 Å². The van der Waals surface area contributed by atoms with Gasteiger partial charge < -0.3 is 18.9 Å². The van der Waals surface area contributed by atoms with Gasteiger partial charge in [0.25, 0.3) is 23.6 Å². The summed E-state index contributed by atoms with van der Waals surface area (Å²) in [5.41, 5.74) is 6.99. The average molecular weight is 2230 g/mol. The number of rotatable bonds is 54. The van der Waals surface area contributed by atoms with Crippen LogP contribution in [0.2, 0.25) is 13.3 Å². The van der Waals surface area contributed by atoms with Gasteiger partial charge in [0.05, 0.1) is 55.6 Å². The van der Waals surface area contributed by atoms with Crippen molar-refractivity contribution in [3.63, 3.8) is 0 Å². The summed E-state index contributed by atoms with van der Waals surface area (Å²) in [5, 5.41) is 3.15. The van der Waals surface area contributed by atoms with Gasteiger partial charge in [0.2, 0.25) is 0 Å². The van der Waals surface area contributed by atoms with Crippen molar-refractivity contribution in [2.45, 2.75) is 378 Å². The fourth-order valence-corrected chi connectivity index (χ4v) is 40.6. The standard InChI is InChI=1S/C39H55BrN2O4.C39H55N2O4.C15H5BrO6.C14H4O6.3C4H9.Sn/c1-4-6-8-10-12-14-16-18-20-22-24-41-37(44)30-27-31(40)35-34-29(26-28(3)32(33(30)34)38(41)45)36(43)42(39(35)46)25-23-21-19-17-15-13-11-9-7-5-2;1-4-6-8-10-12-14-16-18-20-22-26-40-36(42)30-24-25-31-35-33(29(3)28-32(34(30)35)38(40)44)39(45)41(37(31)43)27-23-21-19-17-15-13-11-9-7-5-2;1-4-2-5-10-9-6(13(18)21-14(19)8(4)9)3-7(16)11(10)15(20)22-12(5)17;15-11-5-1-2-6-10-8(14(18)20-12(6)16)4-3-7(9(5)10)13(17)19-11;3*1-3-4-2;/h26-27H,4-25H2,1-3H3;25,28H,4-23,26-27H2,1-3H3;2-3H,1H3;1-4H;3*1,3-4H2,2H3;. The molecule has 0 bridgehead atoms. The SMILES string of the molecule is CCCCCCCCCCCCN1C(=O)c2c[c]([Sn]([CH2]CCC)([CH2]CCC)[CH2]CCC)c3c4c(cc(C)c(c24)C1=O)C(=O)N(CCCCCCCCCCCC)C3=O.CCCCCCCCCCCCN1C(=O)c2cc(Br)c3c4c(cc(C)c(c24)C1=O)C(=O)N(CCCCCCCCCCCC)C3=O.Cc1cc2c3c(c(Br)cc4c3c1C(=O)OC4=O)C(=O)OC2=O.O=C1OC(=O)c2ccc3c4c(ccc1c24)C(=O)OC3=O. The number of benzene rings is 8. The maximum atomic E-state index is 15.1. The van der Waals surface area contributed by atoms with Gasteiger partial charge in [-0.15, -0.1) is 0 Å². The summed E-state index contributed by atoms with van der Waals surface area (Å²) in [7, 11) is 0. The van der Waals surface area contributed by atoms with E-state index in [0.717, 1.165) is 138 Å². The number of unbranched alkanes of at least 4 members (excludes halogenated alkanes) is 39. The fourth-order valence-electron chi connectivity index (χ4n) is 22.7. The van der Waals surface area contributed by atoms with Gasteiger partial charge in [-0.05, 0) is 118 Å². The number of carbonyl (C=O) groups is 16. The van der Waals surface area contributed by atoms with Crippen molar-refractivity contribution < 1.29 is 95.7 Å². The minimum atomic E-state index is -3.41. The molecule has 8 aliphatic heterocycles. The molecule has 24 nitrogen and oxygen atoms in total. The molecule has 8 aromatic carbocycles. The topological polar surface area (TPSA) is 323 Å². The van der Waals surface area contributed by atoms with Gasteiger partial charge in [0, 0.05) is 65.5 Å². The maximum absolute atomic E-state index is 15.1. The number of aryl methyl sites for hydroxylation is 3. The zero-order chi connectivity index (χ0) is 105. The molecule has 146 heavy (non-hydrogen) atoms.